The molecule has 1 N–H and O–H groups in total. The molecule has 1 atom stereocenters. The summed E-state index contributed by atoms with van der Waals surface area (Å²) in [5.74, 6) is 0.515. The van der Waals surface area contributed by atoms with Gasteiger partial charge in [0.05, 0.1) is 0 Å². The number of benzene rings is 1. The van der Waals surface area contributed by atoms with Gasteiger partial charge in [0.15, 0.2) is 0 Å². The topological polar surface area (TPSA) is 24.5 Å². The standard InChI is InChI=1S/C15H19F3N2O/c1-14(11-5-6-11)10-20(8-7-19-14)12-3-2-4-13(9-12)21-15(16,17)18/h2-4,9,11,19H,5-8,10H2,1H3. The van der Waals surface area contributed by atoms with Gasteiger partial charge in [-0.2, -0.15) is 0 Å². The molecule has 6 heteroatoms. The van der Waals surface area contributed by atoms with Crippen LogP contribution in [0.3, 0.4) is 0 Å². The van der Waals surface area contributed by atoms with E-state index in [1.54, 1.807) is 6.07 Å². The first-order valence-electron chi connectivity index (χ1n) is 7.21. The molecule has 21 heavy (non-hydrogen) atoms. The number of rotatable bonds is 3. The van der Waals surface area contributed by atoms with Gasteiger partial charge in [-0.1, -0.05) is 6.07 Å². The summed E-state index contributed by atoms with van der Waals surface area (Å²) in [6.45, 7) is 4.65. The van der Waals surface area contributed by atoms with Gasteiger partial charge in [-0.05, 0) is 37.8 Å². The monoisotopic (exact) mass is 300 g/mol. The summed E-state index contributed by atoms with van der Waals surface area (Å²) in [5, 5.41) is 3.56. The molecule has 2 fully saturated rings. The van der Waals surface area contributed by atoms with Crippen LogP contribution in [0.2, 0.25) is 0 Å². The van der Waals surface area contributed by atoms with E-state index in [4.69, 9.17) is 0 Å². The van der Waals surface area contributed by atoms with Crippen molar-refractivity contribution in [3.05, 3.63) is 24.3 Å². The van der Waals surface area contributed by atoms with Gasteiger partial charge in [0.2, 0.25) is 0 Å². The predicted molar refractivity (Wildman–Crippen MR) is 74.5 cm³/mol. The summed E-state index contributed by atoms with van der Waals surface area (Å²) in [5.41, 5.74) is 0.837. The Morgan fingerprint density at radius 1 is 1.33 bits per heavy atom. The lowest BCUT2D eigenvalue weighted by atomic mass is 9.92. The van der Waals surface area contributed by atoms with Crippen LogP contribution in [0.15, 0.2) is 24.3 Å². The molecule has 1 aromatic rings. The van der Waals surface area contributed by atoms with Crippen molar-refractivity contribution < 1.29 is 17.9 Å². The Labute approximate surface area is 122 Å². The number of hydrogen-bond donors (Lipinski definition) is 1. The smallest absolute Gasteiger partial charge is 0.406 e. The van der Waals surface area contributed by atoms with E-state index >= 15 is 0 Å². The number of halogens is 3. The Hall–Kier alpha value is -1.43. The van der Waals surface area contributed by atoms with E-state index in [1.807, 2.05) is 6.07 Å². The largest absolute Gasteiger partial charge is 0.573 e. The molecule has 1 saturated heterocycles. The van der Waals surface area contributed by atoms with E-state index in [0.717, 1.165) is 25.3 Å². The zero-order chi connectivity index (χ0) is 15.1. The molecule has 3 nitrogen and oxygen atoms in total. The van der Waals surface area contributed by atoms with Crippen LogP contribution in [-0.2, 0) is 0 Å². The van der Waals surface area contributed by atoms with Crippen molar-refractivity contribution in [3.8, 4) is 5.75 Å². The van der Waals surface area contributed by atoms with Crippen LogP contribution in [-0.4, -0.2) is 31.5 Å². The molecule has 1 saturated carbocycles. The van der Waals surface area contributed by atoms with Crippen molar-refractivity contribution in [1.29, 1.82) is 0 Å². The summed E-state index contributed by atoms with van der Waals surface area (Å²) < 4.78 is 40.9. The molecule has 1 heterocycles. The van der Waals surface area contributed by atoms with Crippen LogP contribution >= 0.6 is 0 Å². The maximum atomic E-state index is 12.3. The highest BCUT2D eigenvalue weighted by Gasteiger charge is 2.44. The van der Waals surface area contributed by atoms with E-state index in [-0.39, 0.29) is 11.3 Å². The first-order chi connectivity index (χ1) is 9.86. The second kappa shape index (κ2) is 5.09. The number of anilines is 1. The molecule has 0 radical (unpaired) electrons. The molecule has 3 rings (SSSR count). The van der Waals surface area contributed by atoms with E-state index in [2.05, 4.69) is 21.9 Å². The molecular formula is C15H19F3N2O. The van der Waals surface area contributed by atoms with Gasteiger partial charge in [-0.25, -0.2) is 0 Å². The molecule has 0 spiro atoms. The zero-order valence-corrected chi connectivity index (χ0v) is 11.9. The molecule has 0 amide bonds. The fourth-order valence-corrected chi connectivity index (χ4v) is 3.10. The minimum Gasteiger partial charge on any atom is -0.406 e. The highest BCUT2D eigenvalue weighted by molar-refractivity contribution is 5.51. The average molecular weight is 300 g/mol. The summed E-state index contributed by atoms with van der Waals surface area (Å²) in [4.78, 5) is 2.14. The SMILES string of the molecule is CC1(C2CC2)CN(c2cccc(OC(F)(F)F)c2)CCN1. The van der Waals surface area contributed by atoms with Gasteiger partial charge in [-0.15, -0.1) is 13.2 Å². The molecule has 1 unspecified atom stereocenters. The maximum absolute atomic E-state index is 12.3. The number of nitrogens with zero attached hydrogens (tertiary/aromatic N) is 1. The Balaban J connectivity index is 1.75. The normalized spacial score (nSPS) is 26.8. The Morgan fingerprint density at radius 2 is 2.10 bits per heavy atom. The number of hydrogen-bond acceptors (Lipinski definition) is 3. The van der Waals surface area contributed by atoms with Crippen LogP contribution in [0.25, 0.3) is 0 Å². The van der Waals surface area contributed by atoms with Crippen molar-refractivity contribution in [1.82, 2.24) is 5.32 Å². The highest BCUT2D eigenvalue weighted by atomic mass is 19.4. The third kappa shape index (κ3) is 3.43. The van der Waals surface area contributed by atoms with Crippen molar-refractivity contribution >= 4 is 5.69 Å². The fourth-order valence-electron chi connectivity index (χ4n) is 3.10. The Kier molecular flexibility index (Phi) is 3.51. The second-order valence-corrected chi connectivity index (χ2v) is 6.09. The van der Waals surface area contributed by atoms with Crippen LogP contribution in [0, 0.1) is 5.92 Å². The third-order valence-electron chi connectivity index (χ3n) is 4.32. The third-order valence-corrected chi connectivity index (χ3v) is 4.32. The molecule has 1 aliphatic heterocycles. The first kappa shape index (κ1) is 14.5. The Morgan fingerprint density at radius 3 is 2.76 bits per heavy atom. The highest BCUT2D eigenvalue weighted by Crippen LogP contribution is 2.41. The van der Waals surface area contributed by atoms with E-state index in [1.165, 1.54) is 25.0 Å². The molecule has 1 aromatic carbocycles. The lowest BCUT2D eigenvalue weighted by Crippen LogP contribution is -2.60. The fraction of sp³-hybridized carbons (Fsp3) is 0.600. The van der Waals surface area contributed by atoms with Crippen LogP contribution < -0.4 is 15.0 Å². The molecule has 116 valence electrons. The minimum absolute atomic E-state index is 0.0547. The second-order valence-electron chi connectivity index (χ2n) is 6.09. The van der Waals surface area contributed by atoms with Gasteiger partial charge >= 0.3 is 6.36 Å². The quantitative estimate of drug-likeness (QED) is 0.928. The lowest BCUT2D eigenvalue weighted by molar-refractivity contribution is -0.274. The van der Waals surface area contributed by atoms with E-state index in [0.29, 0.717) is 5.92 Å². The van der Waals surface area contributed by atoms with E-state index in [9.17, 15) is 13.2 Å². The van der Waals surface area contributed by atoms with Gasteiger partial charge < -0.3 is 15.0 Å². The van der Waals surface area contributed by atoms with Gasteiger partial charge in [-0.3, -0.25) is 0 Å². The van der Waals surface area contributed by atoms with Gasteiger partial charge in [0, 0.05) is 36.9 Å². The summed E-state index contributed by atoms with van der Waals surface area (Å²) >= 11 is 0. The number of nitrogens with one attached hydrogen (secondary N) is 1. The number of ether oxygens (including phenoxy) is 1. The van der Waals surface area contributed by atoms with Gasteiger partial charge in [0.1, 0.15) is 5.75 Å². The summed E-state index contributed by atoms with van der Waals surface area (Å²) in [7, 11) is 0. The zero-order valence-electron chi connectivity index (χ0n) is 11.9. The van der Waals surface area contributed by atoms with Crippen molar-refractivity contribution in [2.75, 3.05) is 24.5 Å². The lowest BCUT2D eigenvalue weighted by Gasteiger charge is -2.43. The summed E-state index contributed by atoms with van der Waals surface area (Å²) in [6.07, 6.45) is -2.19. The predicted octanol–water partition coefficient (Wildman–Crippen LogP) is 3.16. The summed E-state index contributed by atoms with van der Waals surface area (Å²) in [6, 6.07) is 6.24. The molecule has 0 bridgehead atoms. The molecule has 0 aromatic heterocycles. The van der Waals surface area contributed by atoms with Crippen molar-refractivity contribution in [3.63, 3.8) is 0 Å². The Bertz CT molecular complexity index is 516. The van der Waals surface area contributed by atoms with Crippen LogP contribution in [0.5, 0.6) is 5.75 Å². The van der Waals surface area contributed by atoms with Crippen LogP contribution in [0.4, 0.5) is 18.9 Å². The number of alkyl halides is 3. The molecular weight excluding hydrogens is 281 g/mol. The van der Waals surface area contributed by atoms with E-state index < -0.39 is 6.36 Å². The van der Waals surface area contributed by atoms with Crippen molar-refractivity contribution in [2.24, 2.45) is 5.92 Å². The van der Waals surface area contributed by atoms with Crippen molar-refractivity contribution in [2.45, 2.75) is 31.7 Å². The van der Waals surface area contributed by atoms with Crippen LogP contribution in [0.1, 0.15) is 19.8 Å². The molecule has 2 aliphatic rings. The first-order valence-corrected chi connectivity index (χ1v) is 7.21. The number of piperazine rings is 1. The maximum Gasteiger partial charge on any atom is 0.573 e. The average Bonchev–Trinajstić information content (AvgIpc) is 3.21. The molecule has 1 aliphatic carbocycles. The van der Waals surface area contributed by atoms with Gasteiger partial charge in [0.25, 0.3) is 0 Å². The minimum atomic E-state index is -4.65.